The first-order valence-electron chi connectivity index (χ1n) is 6.32. The molecule has 0 bridgehead atoms. The fraction of sp³-hybridized carbons (Fsp3) is 0.357. The molecule has 0 aliphatic carbocycles. The maximum atomic E-state index is 12.4. The van der Waals surface area contributed by atoms with Crippen LogP contribution >= 0.6 is 0 Å². The lowest BCUT2D eigenvalue weighted by atomic mass is 10.1. The maximum absolute atomic E-state index is 12.4. The van der Waals surface area contributed by atoms with Crippen molar-refractivity contribution in [1.82, 2.24) is 4.98 Å². The van der Waals surface area contributed by atoms with E-state index in [2.05, 4.69) is 4.98 Å². The van der Waals surface area contributed by atoms with Gasteiger partial charge in [0, 0.05) is 23.5 Å². The van der Waals surface area contributed by atoms with Gasteiger partial charge in [0.25, 0.3) is 0 Å². The summed E-state index contributed by atoms with van der Waals surface area (Å²) in [7, 11) is -3.43. The largest absolute Gasteiger partial charge is 0.493 e. The molecule has 1 heterocycles. The molecule has 1 atom stereocenters. The minimum absolute atomic E-state index is 0.349. The van der Waals surface area contributed by atoms with E-state index < -0.39 is 20.9 Å². The average molecular weight is 295 g/mol. The van der Waals surface area contributed by atoms with Gasteiger partial charge >= 0.3 is 0 Å². The second kappa shape index (κ2) is 5.28. The van der Waals surface area contributed by atoms with Crippen LogP contribution in [0.4, 0.5) is 0 Å². The first kappa shape index (κ1) is 14.6. The number of H-pyrrole nitrogens is 1. The van der Waals surface area contributed by atoms with Crippen LogP contribution in [0.3, 0.4) is 0 Å². The van der Waals surface area contributed by atoms with Gasteiger partial charge < -0.3 is 9.72 Å². The highest BCUT2D eigenvalue weighted by Gasteiger charge is 2.27. The number of rotatable bonds is 5. The van der Waals surface area contributed by atoms with Gasteiger partial charge in [-0.3, -0.25) is 4.79 Å². The summed E-state index contributed by atoms with van der Waals surface area (Å²) in [6.07, 6.45) is 2.60. The third kappa shape index (κ3) is 2.56. The van der Waals surface area contributed by atoms with Gasteiger partial charge in [0.2, 0.25) is 0 Å². The highest BCUT2D eigenvalue weighted by Crippen LogP contribution is 2.30. The molecule has 0 radical (unpaired) electrons. The summed E-state index contributed by atoms with van der Waals surface area (Å²) >= 11 is 0. The lowest BCUT2D eigenvalue weighted by Crippen LogP contribution is -2.26. The highest BCUT2D eigenvalue weighted by molar-refractivity contribution is 7.92. The van der Waals surface area contributed by atoms with E-state index in [0.29, 0.717) is 23.3 Å². The van der Waals surface area contributed by atoms with Crippen LogP contribution in [0.1, 0.15) is 24.2 Å². The van der Waals surface area contributed by atoms with Gasteiger partial charge in [-0.05, 0) is 26.0 Å². The number of sulfone groups is 1. The van der Waals surface area contributed by atoms with Crippen molar-refractivity contribution in [2.75, 3.05) is 12.9 Å². The molecule has 1 N–H and O–H groups in total. The zero-order chi connectivity index (χ0) is 14.9. The number of Topliss-reactive ketones (excluding diaryl/α,β-unsaturated/α-hetero) is 1. The number of carbonyl (C=O) groups excluding carboxylic acids is 1. The van der Waals surface area contributed by atoms with Crippen molar-refractivity contribution >= 4 is 26.5 Å². The molecule has 0 fully saturated rings. The molecule has 108 valence electrons. The van der Waals surface area contributed by atoms with E-state index in [0.717, 1.165) is 11.8 Å². The SMILES string of the molecule is CCOc1cccc2[nH]cc(C(=O)C(C)S(C)(=O)=O)c12. The number of hydrogen-bond acceptors (Lipinski definition) is 4. The summed E-state index contributed by atoms with van der Waals surface area (Å²) in [5.41, 5.74) is 1.10. The summed E-state index contributed by atoms with van der Waals surface area (Å²) in [5.74, 6) is 0.154. The zero-order valence-corrected chi connectivity index (χ0v) is 12.5. The van der Waals surface area contributed by atoms with Crippen LogP contribution < -0.4 is 4.74 Å². The zero-order valence-electron chi connectivity index (χ0n) is 11.6. The number of aromatic nitrogens is 1. The van der Waals surface area contributed by atoms with Crippen molar-refractivity contribution in [3.05, 3.63) is 30.0 Å². The van der Waals surface area contributed by atoms with Crippen LogP contribution in [-0.2, 0) is 9.84 Å². The van der Waals surface area contributed by atoms with Gasteiger partial charge in [0.15, 0.2) is 15.6 Å². The number of nitrogens with one attached hydrogen (secondary N) is 1. The molecular weight excluding hydrogens is 278 g/mol. The molecule has 0 aliphatic heterocycles. The molecule has 0 spiro atoms. The number of aromatic amines is 1. The molecule has 0 aliphatic rings. The predicted octanol–water partition coefficient (Wildman–Crippen LogP) is 2.18. The smallest absolute Gasteiger partial charge is 0.182 e. The fourth-order valence-corrected chi connectivity index (χ4v) is 2.55. The molecule has 2 aromatic rings. The minimum Gasteiger partial charge on any atom is -0.493 e. The van der Waals surface area contributed by atoms with Crippen molar-refractivity contribution < 1.29 is 17.9 Å². The van der Waals surface area contributed by atoms with Crippen LogP contribution in [0.15, 0.2) is 24.4 Å². The normalized spacial score (nSPS) is 13.3. The van der Waals surface area contributed by atoms with E-state index >= 15 is 0 Å². The summed E-state index contributed by atoms with van der Waals surface area (Å²) in [4.78, 5) is 15.3. The monoisotopic (exact) mass is 295 g/mol. The first-order chi connectivity index (χ1) is 9.36. The van der Waals surface area contributed by atoms with Crippen molar-refractivity contribution in [3.8, 4) is 5.75 Å². The number of fused-ring (bicyclic) bond motifs is 1. The Bertz CT molecular complexity index is 746. The average Bonchev–Trinajstić information content (AvgIpc) is 2.81. The molecule has 1 aromatic heterocycles. The summed E-state index contributed by atoms with van der Waals surface area (Å²) < 4.78 is 28.6. The van der Waals surface area contributed by atoms with E-state index in [1.54, 1.807) is 6.07 Å². The van der Waals surface area contributed by atoms with E-state index in [4.69, 9.17) is 4.74 Å². The number of carbonyl (C=O) groups is 1. The predicted molar refractivity (Wildman–Crippen MR) is 78.1 cm³/mol. The van der Waals surface area contributed by atoms with Crippen molar-refractivity contribution in [1.29, 1.82) is 0 Å². The highest BCUT2D eigenvalue weighted by atomic mass is 32.2. The van der Waals surface area contributed by atoms with Crippen molar-refractivity contribution in [2.45, 2.75) is 19.1 Å². The van der Waals surface area contributed by atoms with Crippen LogP contribution in [0.2, 0.25) is 0 Å². The van der Waals surface area contributed by atoms with E-state index in [1.165, 1.54) is 13.1 Å². The van der Waals surface area contributed by atoms with Gasteiger partial charge in [0.05, 0.1) is 12.0 Å². The molecule has 1 unspecified atom stereocenters. The van der Waals surface area contributed by atoms with E-state index in [-0.39, 0.29) is 0 Å². The number of hydrogen-bond donors (Lipinski definition) is 1. The molecule has 0 saturated heterocycles. The topological polar surface area (TPSA) is 76.2 Å². The number of benzene rings is 1. The van der Waals surface area contributed by atoms with Gasteiger partial charge in [0.1, 0.15) is 11.0 Å². The Morgan fingerprint density at radius 3 is 2.70 bits per heavy atom. The second-order valence-electron chi connectivity index (χ2n) is 4.65. The van der Waals surface area contributed by atoms with E-state index in [9.17, 15) is 13.2 Å². The molecular formula is C14H17NO4S. The molecule has 6 heteroatoms. The Morgan fingerprint density at radius 2 is 2.10 bits per heavy atom. The Kier molecular flexibility index (Phi) is 3.85. The third-order valence-electron chi connectivity index (χ3n) is 3.24. The van der Waals surface area contributed by atoms with Crippen molar-refractivity contribution in [3.63, 3.8) is 0 Å². The Hall–Kier alpha value is -1.82. The molecule has 0 amide bonds. The number of ketones is 1. The molecule has 5 nitrogen and oxygen atoms in total. The number of ether oxygens (including phenoxy) is 1. The maximum Gasteiger partial charge on any atom is 0.182 e. The minimum atomic E-state index is -3.43. The Balaban J connectivity index is 2.58. The van der Waals surface area contributed by atoms with Crippen LogP contribution in [0.25, 0.3) is 10.9 Å². The van der Waals surface area contributed by atoms with Gasteiger partial charge in [-0.2, -0.15) is 0 Å². The fourth-order valence-electron chi connectivity index (χ4n) is 2.03. The third-order valence-corrected chi connectivity index (χ3v) is 4.74. The lowest BCUT2D eigenvalue weighted by Gasteiger charge is -2.09. The van der Waals surface area contributed by atoms with Crippen LogP contribution in [0.5, 0.6) is 5.75 Å². The molecule has 1 aromatic carbocycles. The summed E-state index contributed by atoms with van der Waals surface area (Å²) in [5, 5.41) is -0.439. The summed E-state index contributed by atoms with van der Waals surface area (Å²) in [6, 6.07) is 5.40. The molecule has 0 saturated carbocycles. The lowest BCUT2D eigenvalue weighted by molar-refractivity contribution is 0.0993. The summed E-state index contributed by atoms with van der Waals surface area (Å²) in [6.45, 7) is 3.73. The standard InChI is InChI=1S/C14H17NO4S/c1-4-19-12-7-5-6-11-13(12)10(8-15-11)14(16)9(2)20(3,17)18/h5-9,15H,4H2,1-3H3. The van der Waals surface area contributed by atoms with Crippen molar-refractivity contribution in [2.24, 2.45) is 0 Å². The van der Waals surface area contributed by atoms with Gasteiger partial charge in [-0.15, -0.1) is 0 Å². The molecule has 2 rings (SSSR count). The Labute approximate surface area is 117 Å². The van der Waals surface area contributed by atoms with Crippen LogP contribution in [0, 0.1) is 0 Å². The Morgan fingerprint density at radius 1 is 1.40 bits per heavy atom. The quantitative estimate of drug-likeness (QED) is 0.858. The van der Waals surface area contributed by atoms with Crippen LogP contribution in [-0.4, -0.2) is 37.3 Å². The molecule has 20 heavy (non-hydrogen) atoms. The van der Waals surface area contributed by atoms with E-state index in [1.807, 2.05) is 19.1 Å². The second-order valence-corrected chi connectivity index (χ2v) is 7.02. The van der Waals surface area contributed by atoms with Gasteiger partial charge in [-0.1, -0.05) is 6.07 Å². The first-order valence-corrected chi connectivity index (χ1v) is 8.27. The van der Waals surface area contributed by atoms with Gasteiger partial charge in [-0.25, -0.2) is 8.42 Å².